The molecule has 0 bridgehead atoms. The predicted octanol–water partition coefficient (Wildman–Crippen LogP) is 2.19. The molecule has 11 heteroatoms. The van der Waals surface area contributed by atoms with Crippen LogP contribution in [0.5, 0.6) is 0 Å². The Morgan fingerprint density at radius 3 is 2.71 bits per heavy atom. The molecule has 28 heavy (non-hydrogen) atoms. The van der Waals surface area contributed by atoms with Crippen LogP contribution < -0.4 is 10.6 Å². The number of rotatable bonds is 4. The average molecular weight is 425 g/mol. The van der Waals surface area contributed by atoms with Crippen molar-refractivity contribution in [1.82, 2.24) is 35.1 Å². The fourth-order valence-corrected chi connectivity index (χ4v) is 3.20. The van der Waals surface area contributed by atoms with Gasteiger partial charge in [-0.3, -0.25) is 4.79 Å². The molecule has 0 aromatic carbocycles. The third-order valence-electron chi connectivity index (χ3n) is 4.55. The van der Waals surface area contributed by atoms with Gasteiger partial charge in [0.1, 0.15) is 0 Å². The number of halogens is 2. The zero-order valence-corrected chi connectivity index (χ0v) is 16.9. The fraction of sp³-hybridized carbons (Fsp3) is 0.353. The van der Waals surface area contributed by atoms with Gasteiger partial charge in [0.05, 0.1) is 17.4 Å². The first-order valence-electron chi connectivity index (χ1n) is 8.63. The van der Waals surface area contributed by atoms with E-state index in [0.29, 0.717) is 17.2 Å². The van der Waals surface area contributed by atoms with Crippen molar-refractivity contribution in [3.8, 4) is 5.82 Å². The van der Waals surface area contributed by atoms with Crippen LogP contribution in [0.25, 0.3) is 5.82 Å². The lowest BCUT2D eigenvalue weighted by molar-refractivity contribution is 0.102. The first-order chi connectivity index (χ1) is 12.7. The van der Waals surface area contributed by atoms with Gasteiger partial charge in [-0.15, -0.1) is 29.9 Å². The van der Waals surface area contributed by atoms with Crippen LogP contribution in [0.4, 0.5) is 5.69 Å². The summed E-state index contributed by atoms with van der Waals surface area (Å²) in [5.41, 5.74) is 1.68. The van der Waals surface area contributed by atoms with Gasteiger partial charge in [-0.05, 0) is 51.1 Å². The normalized spacial score (nSPS) is 14.0. The fourth-order valence-electron chi connectivity index (χ4n) is 3.20. The number of hydrogen-bond acceptors (Lipinski definition) is 6. The van der Waals surface area contributed by atoms with Gasteiger partial charge < -0.3 is 10.6 Å². The Bertz CT molecular complexity index is 906. The molecule has 1 amide bonds. The van der Waals surface area contributed by atoms with Crippen LogP contribution >= 0.6 is 24.8 Å². The second-order valence-corrected chi connectivity index (χ2v) is 6.23. The molecule has 9 nitrogen and oxygen atoms in total. The van der Waals surface area contributed by atoms with Gasteiger partial charge in [-0.25, -0.2) is 14.3 Å². The molecule has 0 unspecified atom stereocenters. The highest BCUT2D eigenvalue weighted by molar-refractivity contribution is 6.04. The number of carbonyl (C=O) groups excluding carboxylic acids is 1. The molecule has 4 heterocycles. The molecule has 0 spiro atoms. The minimum absolute atomic E-state index is 0. The number of hydrogen-bond donors (Lipinski definition) is 2. The molecule has 0 atom stereocenters. The Morgan fingerprint density at radius 2 is 2.00 bits per heavy atom. The first kappa shape index (κ1) is 21.8. The Balaban J connectivity index is 0.00000140. The minimum atomic E-state index is -0.302. The van der Waals surface area contributed by atoms with Crippen molar-refractivity contribution in [2.45, 2.75) is 25.8 Å². The number of anilines is 1. The van der Waals surface area contributed by atoms with E-state index in [4.69, 9.17) is 0 Å². The Hall–Kier alpha value is -2.49. The average Bonchev–Trinajstić information content (AvgIpc) is 3.33. The minimum Gasteiger partial charge on any atom is -0.317 e. The van der Waals surface area contributed by atoms with Crippen LogP contribution in [-0.2, 0) is 0 Å². The summed E-state index contributed by atoms with van der Waals surface area (Å²) in [6.45, 7) is 3.79. The van der Waals surface area contributed by atoms with E-state index in [0.717, 1.165) is 31.6 Å². The Morgan fingerprint density at radius 1 is 1.21 bits per heavy atom. The number of carbonyl (C=O) groups is 1. The molecule has 1 aliphatic heterocycles. The molecule has 1 saturated heterocycles. The monoisotopic (exact) mass is 424 g/mol. The van der Waals surface area contributed by atoms with Crippen LogP contribution in [0.15, 0.2) is 36.8 Å². The van der Waals surface area contributed by atoms with Crippen molar-refractivity contribution in [3.05, 3.63) is 48.2 Å². The zero-order chi connectivity index (χ0) is 17.9. The predicted molar refractivity (Wildman–Crippen MR) is 110 cm³/mol. The quantitative estimate of drug-likeness (QED) is 0.665. The van der Waals surface area contributed by atoms with E-state index in [1.807, 2.05) is 11.6 Å². The third kappa shape index (κ3) is 4.32. The highest BCUT2D eigenvalue weighted by Crippen LogP contribution is 2.22. The first-order valence-corrected chi connectivity index (χ1v) is 8.63. The summed E-state index contributed by atoms with van der Waals surface area (Å²) in [6, 6.07) is 5.63. The van der Waals surface area contributed by atoms with E-state index in [9.17, 15) is 4.79 Å². The maximum absolute atomic E-state index is 12.8. The molecule has 0 aliphatic carbocycles. The SMILES string of the molecule is Cc1c(C(=O)Nc2cccnc2-n2cccn2)nnn1C1CCNCC1.Cl.Cl. The van der Waals surface area contributed by atoms with Gasteiger partial charge in [-0.1, -0.05) is 5.21 Å². The lowest BCUT2D eigenvalue weighted by Gasteiger charge is -2.23. The number of piperidine rings is 1. The summed E-state index contributed by atoms with van der Waals surface area (Å²) in [4.78, 5) is 17.1. The summed E-state index contributed by atoms with van der Waals surface area (Å²) < 4.78 is 3.47. The molecular weight excluding hydrogens is 403 g/mol. The van der Waals surface area contributed by atoms with E-state index in [1.54, 1.807) is 41.5 Å². The van der Waals surface area contributed by atoms with Gasteiger partial charge in [-0.2, -0.15) is 5.10 Å². The second-order valence-electron chi connectivity index (χ2n) is 6.23. The van der Waals surface area contributed by atoms with Crippen molar-refractivity contribution in [2.24, 2.45) is 0 Å². The summed E-state index contributed by atoms with van der Waals surface area (Å²) in [5, 5.41) is 18.7. The lowest BCUT2D eigenvalue weighted by Crippen LogP contribution is -2.30. The number of aromatic nitrogens is 6. The number of amides is 1. The molecule has 1 aliphatic rings. The molecular formula is C17H22Cl2N8O. The number of nitrogens with one attached hydrogen (secondary N) is 2. The van der Waals surface area contributed by atoms with Crippen molar-refractivity contribution in [1.29, 1.82) is 0 Å². The van der Waals surface area contributed by atoms with Gasteiger partial charge in [0, 0.05) is 18.6 Å². The van der Waals surface area contributed by atoms with Crippen LogP contribution in [0.1, 0.15) is 35.1 Å². The Labute approximate surface area is 174 Å². The van der Waals surface area contributed by atoms with Crippen LogP contribution in [0.2, 0.25) is 0 Å². The maximum atomic E-state index is 12.8. The van der Waals surface area contributed by atoms with Gasteiger partial charge >= 0.3 is 0 Å². The molecule has 1 fully saturated rings. The van der Waals surface area contributed by atoms with E-state index in [2.05, 4.69) is 31.0 Å². The number of nitrogens with zero attached hydrogens (tertiary/aromatic N) is 6. The smallest absolute Gasteiger partial charge is 0.278 e. The lowest BCUT2D eigenvalue weighted by atomic mass is 10.1. The largest absolute Gasteiger partial charge is 0.317 e. The standard InChI is InChI=1S/C17H20N8O.2ClH/c1-12-15(22-23-25(12)13-5-9-18-10-6-13)17(26)21-14-4-2-7-19-16(14)24-11-3-8-20-24;;/h2-4,7-8,11,13,18H,5-6,9-10H2,1H3,(H,21,26);2*1H. The van der Waals surface area contributed by atoms with Crippen LogP contribution in [0, 0.1) is 6.92 Å². The summed E-state index contributed by atoms with van der Waals surface area (Å²) >= 11 is 0. The van der Waals surface area contributed by atoms with E-state index in [-0.39, 0.29) is 36.8 Å². The topological polar surface area (TPSA) is 103 Å². The van der Waals surface area contributed by atoms with E-state index >= 15 is 0 Å². The molecule has 0 saturated carbocycles. The van der Waals surface area contributed by atoms with Gasteiger partial charge in [0.25, 0.3) is 5.91 Å². The van der Waals surface area contributed by atoms with Gasteiger partial charge in [0.15, 0.2) is 11.5 Å². The summed E-state index contributed by atoms with van der Waals surface area (Å²) in [6.07, 6.45) is 7.06. The van der Waals surface area contributed by atoms with Crippen molar-refractivity contribution in [3.63, 3.8) is 0 Å². The molecule has 0 radical (unpaired) electrons. The Kier molecular flexibility index (Phi) is 7.50. The highest BCUT2D eigenvalue weighted by Gasteiger charge is 2.23. The maximum Gasteiger partial charge on any atom is 0.278 e. The second kappa shape index (κ2) is 9.63. The van der Waals surface area contributed by atoms with Gasteiger partial charge in [0.2, 0.25) is 0 Å². The molecule has 3 aromatic heterocycles. The van der Waals surface area contributed by atoms with Crippen molar-refractivity contribution >= 4 is 36.4 Å². The molecule has 3 aromatic rings. The molecule has 2 N–H and O–H groups in total. The van der Waals surface area contributed by atoms with Crippen molar-refractivity contribution < 1.29 is 4.79 Å². The highest BCUT2D eigenvalue weighted by atomic mass is 35.5. The summed E-state index contributed by atoms with van der Waals surface area (Å²) in [5.74, 6) is 0.248. The van der Waals surface area contributed by atoms with E-state index in [1.165, 1.54) is 0 Å². The zero-order valence-electron chi connectivity index (χ0n) is 15.3. The van der Waals surface area contributed by atoms with E-state index < -0.39 is 0 Å². The summed E-state index contributed by atoms with van der Waals surface area (Å²) in [7, 11) is 0. The van der Waals surface area contributed by atoms with Crippen LogP contribution in [0.3, 0.4) is 0 Å². The molecule has 150 valence electrons. The number of pyridine rings is 1. The van der Waals surface area contributed by atoms with Crippen LogP contribution in [-0.4, -0.2) is 48.8 Å². The third-order valence-corrected chi connectivity index (χ3v) is 4.55. The van der Waals surface area contributed by atoms with Crippen molar-refractivity contribution in [2.75, 3.05) is 18.4 Å². The molecule has 4 rings (SSSR count).